The first-order valence-corrected chi connectivity index (χ1v) is 42.2. The zero-order valence-corrected chi connectivity index (χ0v) is 67.8. The molecule has 0 aliphatic heterocycles. The molecule has 0 aliphatic carbocycles. The SMILES string of the molecule is CC/C=C\C/C=C\C/C=C\C/C=C\C/C=C\C/C=C\C/C=C\C/C=C\C/C=C\C/C=C\C/C=C\C/C=C\CCCCC(=O)OC(COC(=O)CCCCCCCCCCCCCCCCCCCCCCCCCCC/C=C\C/C=C\C/C=C\C/C=C\C/C=C\CC)COC(OCC[N+](C)(C)C)C(=O)O. The molecule has 0 aromatic heterocycles. The number of carboxylic acid groups (broad SMARTS) is 1. The van der Waals surface area contributed by atoms with Gasteiger partial charge in [-0.3, -0.25) is 9.59 Å². The Morgan fingerprint density at radius 1 is 0.286 bits per heavy atom. The summed E-state index contributed by atoms with van der Waals surface area (Å²) in [5.41, 5.74) is 0. The minimum absolute atomic E-state index is 0.170. The average Bonchev–Trinajstić information content (AvgIpc) is 1.97. The summed E-state index contributed by atoms with van der Waals surface area (Å²) in [5, 5.41) is 9.78. The second kappa shape index (κ2) is 83.5. The van der Waals surface area contributed by atoms with Gasteiger partial charge >= 0.3 is 17.9 Å². The van der Waals surface area contributed by atoms with Crippen molar-refractivity contribution in [2.75, 3.05) is 47.5 Å². The number of likely N-dealkylation sites (N-methyl/N-ethyl adjacent to an activating group) is 1. The Hall–Kier alpha value is -6.13. The molecule has 0 aromatic rings. The lowest BCUT2D eigenvalue weighted by molar-refractivity contribution is -0.870. The van der Waals surface area contributed by atoms with Crippen LogP contribution in [0.25, 0.3) is 0 Å². The van der Waals surface area contributed by atoms with Gasteiger partial charge in [-0.25, -0.2) is 4.79 Å². The van der Waals surface area contributed by atoms with Crippen molar-refractivity contribution in [3.05, 3.63) is 207 Å². The van der Waals surface area contributed by atoms with Gasteiger partial charge < -0.3 is 28.5 Å². The molecule has 2 unspecified atom stereocenters. The molecule has 0 radical (unpaired) electrons. The highest BCUT2D eigenvalue weighted by Crippen LogP contribution is 2.18. The van der Waals surface area contributed by atoms with E-state index in [0.717, 1.165) is 141 Å². The molecule has 0 heterocycles. The maximum Gasteiger partial charge on any atom is 0.361 e. The summed E-state index contributed by atoms with van der Waals surface area (Å²) in [6, 6.07) is 0. The van der Waals surface area contributed by atoms with Gasteiger partial charge in [-0.2, -0.15) is 0 Å². The van der Waals surface area contributed by atoms with Crippen molar-refractivity contribution in [3.63, 3.8) is 0 Å². The third kappa shape index (κ3) is 85.0. The molecule has 0 rings (SSSR count). The van der Waals surface area contributed by atoms with E-state index >= 15 is 0 Å². The van der Waals surface area contributed by atoms with Crippen LogP contribution in [0.3, 0.4) is 0 Å². The second-order valence-corrected chi connectivity index (χ2v) is 28.7. The number of unbranched alkanes of at least 4 members (excludes halogenated alkanes) is 27. The smallest absolute Gasteiger partial charge is 0.361 e. The quantitative estimate of drug-likeness (QED) is 0.0211. The van der Waals surface area contributed by atoms with Gasteiger partial charge in [0.1, 0.15) is 13.2 Å². The number of hydrogen-bond donors (Lipinski definition) is 1. The highest BCUT2D eigenvalue weighted by molar-refractivity contribution is 5.71. The molecule has 0 aromatic carbocycles. The van der Waals surface area contributed by atoms with Gasteiger partial charge in [0.25, 0.3) is 6.29 Å². The Kier molecular flexibility index (Phi) is 78.6. The van der Waals surface area contributed by atoms with E-state index in [1.807, 2.05) is 21.1 Å². The summed E-state index contributed by atoms with van der Waals surface area (Å²) in [6.45, 7) is 4.60. The van der Waals surface area contributed by atoms with E-state index in [4.69, 9.17) is 18.9 Å². The first kappa shape index (κ1) is 98.9. The number of hydrogen-bond acceptors (Lipinski definition) is 7. The average molecular weight is 1450 g/mol. The van der Waals surface area contributed by atoms with E-state index in [0.29, 0.717) is 17.4 Å². The summed E-state index contributed by atoms with van der Waals surface area (Å²) < 4.78 is 23.0. The van der Waals surface area contributed by atoms with E-state index in [9.17, 15) is 19.5 Å². The molecular formula is C96H156NO8+. The molecule has 0 saturated carbocycles. The van der Waals surface area contributed by atoms with Crippen molar-refractivity contribution in [1.82, 2.24) is 0 Å². The van der Waals surface area contributed by atoms with Crippen LogP contribution in [-0.2, 0) is 33.3 Å². The van der Waals surface area contributed by atoms with Crippen molar-refractivity contribution < 1.29 is 42.9 Å². The molecule has 592 valence electrons. The Bertz CT molecular complexity index is 2500. The van der Waals surface area contributed by atoms with Crippen LogP contribution in [-0.4, -0.2) is 87.4 Å². The predicted octanol–water partition coefficient (Wildman–Crippen LogP) is 27.8. The molecule has 0 aliphatic rings. The van der Waals surface area contributed by atoms with Crippen molar-refractivity contribution in [2.24, 2.45) is 0 Å². The summed E-state index contributed by atoms with van der Waals surface area (Å²) in [7, 11) is 5.96. The standard InChI is InChI=1S/C96H155NO8/c1-6-8-10-12-14-16-18-20-22-24-26-28-30-32-34-36-38-40-42-44-46-47-49-50-52-54-56-58-60-62-64-66-68-70-72-74-76-78-80-82-84-86-93(98)103-90-92(91-104-96(95(100)101)102-89-88-97(3,4)5)105-94(99)87-85-83-81-79-77-75-73-71-69-67-65-63-61-59-57-55-53-51-48-45-43-41-39-37-35-33-31-29-27-25-23-21-19-17-15-13-11-9-7-2/h8-11,14-17,20-23,26-29,32-35,39,41,45,48,53,55,59,61,65,67,71,73,77,79,92,96H,6-7,12-13,18-19,24-25,30-31,36-38,40,42-44,46-47,49-52,54,56-58,60,62-64,66,68-70,72,74-76,78,80-91H2,1-5H3/p+1/b10-8-,11-9-,16-14-,17-15-,22-20-,23-21-,28-26-,29-27-,34-32-,35-33-,41-39-,48-45-,55-53-,61-59-,67-65-,73-71-,79-77-. The van der Waals surface area contributed by atoms with Crippen LogP contribution < -0.4 is 0 Å². The monoisotopic (exact) mass is 1450 g/mol. The number of allylic oxidation sites excluding steroid dienone is 34. The first-order valence-electron chi connectivity index (χ1n) is 42.2. The van der Waals surface area contributed by atoms with Crippen LogP contribution in [0.1, 0.15) is 322 Å². The van der Waals surface area contributed by atoms with Crippen LogP contribution >= 0.6 is 0 Å². The van der Waals surface area contributed by atoms with Crippen molar-refractivity contribution in [2.45, 2.75) is 334 Å². The largest absolute Gasteiger partial charge is 0.477 e. The third-order valence-electron chi connectivity index (χ3n) is 17.5. The van der Waals surface area contributed by atoms with Crippen LogP contribution in [0, 0.1) is 0 Å². The highest BCUT2D eigenvalue weighted by atomic mass is 16.7. The van der Waals surface area contributed by atoms with Crippen LogP contribution in [0.2, 0.25) is 0 Å². The van der Waals surface area contributed by atoms with Crippen molar-refractivity contribution in [3.8, 4) is 0 Å². The molecule has 0 fully saturated rings. The zero-order valence-electron chi connectivity index (χ0n) is 67.8. The number of carbonyl (C=O) groups excluding carboxylic acids is 2. The minimum Gasteiger partial charge on any atom is -0.477 e. The predicted molar refractivity (Wildman–Crippen MR) is 455 cm³/mol. The lowest BCUT2D eigenvalue weighted by Gasteiger charge is -2.25. The molecule has 0 bridgehead atoms. The lowest BCUT2D eigenvalue weighted by atomic mass is 10.0. The van der Waals surface area contributed by atoms with E-state index in [1.54, 1.807) is 0 Å². The Morgan fingerprint density at radius 3 is 0.781 bits per heavy atom. The molecule has 0 saturated heterocycles. The minimum atomic E-state index is -1.54. The van der Waals surface area contributed by atoms with Crippen LogP contribution in [0.4, 0.5) is 0 Å². The molecule has 0 amide bonds. The topological polar surface area (TPSA) is 108 Å². The van der Waals surface area contributed by atoms with Gasteiger partial charge in [0.2, 0.25) is 0 Å². The Balaban J connectivity index is 4.11. The van der Waals surface area contributed by atoms with Gasteiger partial charge in [-0.1, -0.05) is 368 Å². The number of esters is 2. The maximum atomic E-state index is 13.0. The summed E-state index contributed by atoms with van der Waals surface area (Å²) in [5.74, 6) is -2.07. The number of carboxylic acids is 1. The molecular weight excluding hydrogens is 1300 g/mol. The summed E-state index contributed by atoms with van der Waals surface area (Å²) in [6.07, 6.45) is 127. The van der Waals surface area contributed by atoms with E-state index in [1.165, 1.54) is 148 Å². The number of rotatable bonds is 76. The lowest BCUT2D eigenvalue weighted by Crippen LogP contribution is -2.40. The third-order valence-corrected chi connectivity index (χ3v) is 17.5. The first-order chi connectivity index (χ1) is 51.6. The number of nitrogens with zero attached hydrogens (tertiary/aromatic N) is 1. The molecule has 105 heavy (non-hydrogen) atoms. The fourth-order valence-electron chi connectivity index (χ4n) is 11.2. The fourth-order valence-corrected chi connectivity index (χ4v) is 11.2. The summed E-state index contributed by atoms with van der Waals surface area (Å²) in [4.78, 5) is 37.8. The molecule has 2 atom stereocenters. The number of aliphatic carboxylic acids is 1. The van der Waals surface area contributed by atoms with E-state index in [2.05, 4.69) is 220 Å². The normalized spacial score (nSPS) is 13.7. The highest BCUT2D eigenvalue weighted by Gasteiger charge is 2.25. The number of carbonyl (C=O) groups is 3. The van der Waals surface area contributed by atoms with Gasteiger partial charge in [0.05, 0.1) is 34.4 Å². The van der Waals surface area contributed by atoms with Gasteiger partial charge in [-0.15, -0.1) is 0 Å². The van der Waals surface area contributed by atoms with Crippen molar-refractivity contribution in [1.29, 1.82) is 0 Å². The van der Waals surface area contributed by atoms with Crippen LogP contribution in [0.5, 0.6) is 0 Å². The zero-order chi connectivity index (χ0) is 76.0. The maximum absolute atomic E-state index is 13.0. The number of ether oxygens (including phenoxy) is 4. The Labute approximate surface area is 645 Å². The molecule has 1 N–H and O–H groups in total. The molecule has 0 spiro atoms. The van der Waals surface area contributed by atoms with Gasteiger partial charge in [0, 0.05) is 12.8 Å². The second-order valence-electron chi connectivity index (χ2n) is 28.7. The number of quaternary nitrogens is 1. The van der Waals surface area contributed by atoms with Crippen LogP contribution in [0.15, 0.2) is 207 Å². The Morgan fingerprint density at radius 2 is 0.514 bits per heavy atom. The van der Waals surface area contributed by atoms with Gasteiger partial charge in [0.15, 0.2) is 6.10 Å². The summed E-state index contributed by atoms with van der Waals surface area (Å²) >= 11 is 0. The molecule has 9 heteroatoms. The van der Waals surface area contributed by atoms with Crippen molar-refractivity contribution >= 4 is 17.9 Å². The van der Waals surface area contributed by atoms with E-state index in [-0.39, 0.29) is 38.6 Å². The molecule has 9 nitrogen and oxygen atoms in total. The fraction of sp³-hybridized carbons (Fsp3) is 0.615. The van der Waals surface area contributed by atoms with Gasteiger partial charge in [-0.05, 0) is 148 Å². The van der Waals surface area contributed by atoms with E-state index < -0.39 is 24.3 Å².